The molecule has 0 aliphatic carbocycles. The number of nitrogens with zero attached hydrogens (tertiary/aromatic N) is 1. The minimum atomic E-state index is -3.23. The van der Waals surface area contributed by atoms with Gasteiger partial charge in [-0.1, -0.05) is 71.7 Å². The zero-order valence-electron chi connectivity index (χ0n) is 23.9. The number of nitrogens with one attached hydrogen (secondary N) is 1. The molecule has 1 aliphatic rings. The van der Waals surface area contributed by atoms with Crippen molar-refractivity contribution in [3.05, 3.63) is 99.3 Å². The van der Waals surface area contributed by atoms with Crippen LogP contribution in [0.15, 0.2) is 83.8 Å². The van der Waals surface area contributed by atoms with Gasteiger partial charge >= 0.3 is 0 Å². The van der Waals surface area contributed by atoms with Crippen LogP contribution in [-0.4, -0.2) is 56.8 Å². The van der Waals surface area contributed by atoms with Gasteiger partial charge in [-0.25, -0.2) is 13.1 Å². The van der Waals surface area contributed by atoms with Crippen LogP contribution in [0.2, 0.25) is 10.0 Å². The number of likely N-dealkylation sites (tertiary alicyclic amines) is 1. The van der Waals surface area contributed by atoms with Crippen molar-refractivity contribution < 1.29 is 18.0 Å². The molecule has 5 rings (SSSR count). The number of nitrogens with two attached hydrogens (primary N) is 1. The first-order valence-electron chi connectivity index (χ1n) is 13.9. The standard InChI is InChI=1S/C32H31Cl2N3O4S3/c1-44(40,41)36-15-18-42-24-10-7-21(8-11-24)26-20-28(43-29(26)25-12-9-23(33)19-27(25)34)30(38)37-16-13-32(14-17-37,31(35)39)22-5-3-2-4-6-22/h2-12,19-20,36H,13-18H2,1H3,(H2,35,39). The summed E-state index contributed by atoms with van der Waals surface area (Å²) in [6, 6.07) is 24.7. The Morgan fingerprint density at radius 2 is 1.66 bits per heavy atom. The molecule has 1 fully saturated rings. The molecule has 1 saturated heterocycles. The minimum absolute atomic E-state index is 0.107. The highest BCUT2D eigenvalue weighted by Crippen LogP contribution is 2.44. The maximum atomic E-state index is 13.9. The molecule has 1 aliphatic heterocycles. The fraction of sp³-hybridized carbons (Fsp3) is 0.250. The summed E-state index contributed by atoms with van der Waals surface area (Å²) in [6.07, 6.45) is 2.04. The lowest BCUT2D eigenvalue weighted by Gasteiger charge is -2.40. The highest BCUT2D eigenvalue weighted by atomic mass is 35.5. The number of hydrogen-bond acceptors (Lipinski definition) is 6. The number of sulfonamides is 1. The summed E-state index contributed by atoms with van der Waals surface area (Å²) in [5, 5.41) is 1.00. The number of thiophene rings is 1. The van der Waals surface area contributed by atoms with Gasteiger partial charge in [-0.2, -0.15) is 0 Å². The van der Waals surface area contributed by atoms with Crippen LogP contribution in [0, 0.1) is 0 Å². The SMILES string of the molecule is CS(=O)(=O)NCCSc1ccc(-c2cc(C(=O)N3CCC(C(N)=O)(c4ccccc4)CC3)sc2-c2ccc(Cl)cc2Cl)cc1. The number of primary amides is 1. The van der Waals surface area contributed by atoms with E-state index in [1.165, 1.54) is 11.3 Å². The van der Waals surface area contributed by atoms with E-state index in [1.807, 2.05) is 66.7 Å². The van der Waals surface area contributed by atoms with Crippen LogP contribution >= 0.6 is 46.3 Å². The number of benzene rings is 3. The summed E-state index contributed by atoms with van der Waals surface area (Å²) >= 11 is 15.7. The minimum Gasteiger partial charge on any atom is -0.369 e. The van der Waals surface area contributed by atoms with Crippen molar-refractivity contribution in [1.82, 2.24) is 9.62 Å². The maximum absolute atomic E-state index is 13.9. The molecule has 3 N–H and O–H groups in total. The zero-order chi connectivity index (χ0) is 31.5. The van der Waals surface area contributed by atoms with Gasteiger partial charge in [0.15, 0.2) is 0 Å². The molecule has 0 atom stereocenters. The van der Waals surface area contributed by atoms with Crippen molar-refractivity contribution in [2.75, 3.05) is 31.6 Å². The summed E-state index contributed by atoms with van der Waals surface area (Å²) < 4.78 is 25.1. The first-order valence-corrected chi connectivity index (χ1v) is 18.3. The van der Waals surface area contributed by atoms with Gasteiger partial charge in [0.1, 0.15) is 0 Å². The van der Waals surface area contributed by atoms with E-state index in [0.29, 0.717) is 53.2 Å². The molecular formula is C32H31Cl2N3O4S3. The van der Waals surface area contributed by atoms with Gasteiger partial charge in [-0.3, -0.25) is 9.59 Å². The Labute approximate surface area is 275 Å². The number of amides is 2. The van der Waals surface area contributed by atoms with Gasteiger partial charge in [0.05, 0.1) is 21.6 Å². The molecule has 230 valence electrons. The maximum Gasteiger partial charge on any atom is 0.263 e. The Bertz CT molecular complexity index is 1770. The topological polar surface area (TPSA) is 110 Å². The predicted octanol–water partition coefficient (Wildman–Crippen LogP) is 6.69. The summed E-state index contributed by atoms with van der Waals surface area (Å²) in [5.74, 6) is 0.109. The average molecular weight is 689 g/mol. The second-order valence-corrected chi connectivity index (χ2v) is 15.5. The molecule has 12 heteroatoms. The second-order valence-electron chi connectivity index (χ2n) is 10.6. The lowest BCUT2D eigenvalue weighted by Crippen LogP contribution is -2.51. The molecule has 3 aromatic carbocycles. The van der Waals surface area contributed by atoms with Crippen LogP contribution in [0.5, 0.6) is 0 Å². The monoisotopic (exact) mass is 687 g/mol. The number of halogens is 2. The summed E-state index contributed by atoms with van der Waals surface area (Å²) in [7, 11) is -3.23. The third-order valence-electron chi connectivity index (χ3n) is 7.72. The molecule has 0 bridgehead atoms. The fourth-order valence-electron chi connectivity index (χ4n) is 5.39. The van der Waals surface area contributed by atoms with Gasteiger partial charge in [-0.05, 0) is 54.3 Å². The molecule has 7 nitrogen and oxygen atoms in total. The van der Waals surface area contributed by atoms with Crippen LogP contribution in [-0.2, 0) is 20.2 Å². The van der Waals surface area contributed by atoms with Crippen LogP contribution in [0.1, 0.15) is 28.1 Å². The molecule has 2 amide bonds. The summed E-state index contributed by atoms with van der Waals surface area (Å²) in [6.45, 7) is 1.14. The third-order valence-corrected chi connectivity index (χ3v) is 11.2. The van der Waals surface area contributed by atoms with E-state index in [1.54, 1.807) is 28.8 Å². The predicted molar refractivity (Wildman–Crippen MR) is 181 cm³/mol. The summed E-state index contributed by atoms with van der Waals surface area (Å²) in [4.78, 5) is 30.7. The van der Waals surface area contributed by atoms with Crippen molar-refractivity contribution in [1.29, 1.82) is 0 Å². The van der Waals surface area contributed by atoms with Gasteiger partial charge < -0.3 is 10.6 Å². The van der Waals surface area contributed by atoms with Gasteiger partial charge in [-0.15, -0.1) is 23.1 Å². The number of thioether (sulfide) groups is 1. The molecule has 0 saturated carbocycles. The van der Waals surface area contributed by atoms with E-state index < -0.39 is 15.4 Å². The Hall–Kier alpha value is -2.86. The van der Waals surface area contributed by atoms with Crippen molar-refractivity contribution in [3.8, 4) is 21.6 Å². The number of carbonyl (C=O) groups excluding carboxylic acids is 2. The number of hydrogen-bond donors (Lipinski definition) is 2. The van der Waals surface area contributed by atoms with Crippen LogP contribution in [0.4, 0.5) is 0 Å². The van der Waals surface area contributed by atoms with Crippen molar-refractivity contribution in [2.45, 2.75) is 23.2 Å². The fourth-order valence-corrected chi connectivity index (χ4v) is 8.51. The first kappa shape index (κ1) is 32.5. The molecule has 2 heterocycles. The highest BCUT2D eigenvalue weighted by molar-refractivity contribution is 7.99. The van der Waals surface area contributed by atoms with Gasteiger partial charge in [0.2, 0.25) is 15.9 Å². The largest absolute Gasteiger partial charge is 0.369 e. The van der Waals surface area contributed by atoms with E-state index >= 15 is 0 Å². The molecule has 44 heavy (non-hydrogen) atoms. The molecule has 4 aromatic rings. The van der Waals surface area contributed by atoms with Crippen LogP contribution in [0.3, 0.4) is 0 Å². The number of piperidine rings is 1. The Balaban J connectivity index is 1.40. The summed E-state index contributed by atoms with van der Waals surface area (Å²) in [5.41, 5.74) is 8.54. The molecule has 0 spiro atoms. The Morgan fingerprint density at radius 1 is 0.977 bits per heavy atom. The lowest BCUT2D eigenvalue weighted by atomic mass is 9.72. The van der Waals surface area contributed by atoms with Gasteiger partial charge in [0.25, 0.3) is 5.91 Å². The van der Waals surface area contributed by atoms with Gasteiger partial charge in [0, 0.05) is 51.3 Å². The molecular weight excluding hydrogens is 657 g/mol. The number of carbonyl (C=O) groups is 2. The lowest BCUT2D eigenvalue weighted by molar-refractivity contribution is -0.125. The van der Waals surface area contributed by atoms with E-state index in [0.717, 1.165) is 38.3 Å². The van der Waals surface area contributed by atoms with Crippen molar-refractivity contribution in [2.24, 2.45) is 5.73 Å². The van der Waals surface area contributed by atoms with E-state index in [2.05, 4.69) is 4.72 Å². The van der Waals surface area contributed by atoms with Crippen LogP contribution < -0.4 is 10.5 Å². The van der Waals surface area contributed by atoms with Crippen molar-refractivity contribution in [3.63, 3.8) is 0 Å². The van der Waals surface area contributed by atoms with E-state index in [-0.39, 0.29) is 11.8 Å². The Morgan fingerprint density at radius 3 is 2.27 bits per heavy atom. The second kappa shape index (κ2) is 13.6. The molecule has 1 aromatic heterocycles. The molecule has 0 unspecified atom stereocenters. The quantitative estimate of drug-likeness (QED) is 0.143. The van der Waals surface area contributed by atoms with Crippen LogP contribution in [0.25, 0.3) is 21.6 Å². The first-order chi connectivity index (χ1) is 21.0. The van der Waals surface area contributed by atoms with E-state index in [9.17, 15) is 18.0 Å². The third kappa shape index (κ3) is 7.33. The molecule has 0 radical (unpaired) electrons. The highest BCUT2D eigenvalue weighted by Gasteiger charge is 2.42. The average Bonchev–Trinajstić information content (AvgIpc) is 3.44. The van der Waals surface area contributed by atoms with Crippen molar-refractivity contribution >= 4 is 68.1 Å². The van der Waals surface area contributed by atoms with E-state index in [4.69, 9.17) is 28.9 Å². The normalized spacial score (nSPS) is 14.8. The smallest absolute Gasteiger partial charge is 0.263 e. The Kier molecular flexibility index (Phi) is 10.1. The zero-order valence-corrected chi connectivity index (χ0v) is 27.8. The number of rotatable bonds is 10.